The first-order valence-electron chi connectivity index (χ1n) is 0.757. The van der Waals surface area contributed by atoms with Gasteiger partial charge in [-0.3, -0.25) is 0 Å². The largest absolute Gasteiger partial charge is 2.00 e. The monoisotopic (exact) mass is 122 g/mol. The molecule has 0 aromatic heterocycles. The van der Waals surface area contributed by atoms with Gasteiger partial charge in [0.15, 0.2) is 0 Å². The molecule has 0 saturated heterocycles. The van der Waals surface area contributed by atoms with Gasteiger partial charge in [-0.1, -0.05) is 0 Å². The molecule has 0 bridgehead atoms. The molecule has 0 radical (unpaired) electrons. The summed E-state index contributed by atoms with van der Waals surface area (Å²) in [6.07, 6.45) is 1.19. The minimum Gasteiger partial charge on any atom is -1.00 e. The zero-order chi connectivity index (χ0) is 3.58. The van der Waals surface area contributed by atoms with E-state index in [1.807, 2.05) is 0 Å². The SMILES string of the molecule is CS(=O)O.[Ca+2].[H-].[H-]. The van der Waals surface area contributed by atoms with Crippen molar-refractivity contribution in [1.29, 1.82) is 0 Å². The second-order valence-electron chi connectivity index (χ2n) is 0.424. The molecule has 0 aliphatic heterocycles. The Hall–Kier alpha value is 1.37. The molecule has 0 rings (SSSR count). The van der Waals surface area contributed by atoms with E-state index in [4.69, 9.17) is 8.76 Å². The average molecular weight is 122 g/mol. The van der Waals surface area contributed by atoms with Crippen LogP contribution >= 0.6 is 0 Å². The van der Waals surface area contributed by atoms with Gasteiger partial charge >= 0.3 is 37.7 Å². The molecule has 4 heteroatoms. The summed E-state index contributed by atoms with van der Waals surface area (Å²) in [6.45, 7) is 0. The van der Waals surface area contributed by atoms with E-state index in [1.165, 1.54) is 6.26 Å². The molecule has 0 aromatic carbocycles. The van der Waals surface area contributed by atoms with Crippen molar-refractivity contribution in [3.8, 4) is 0 Å². The van der Waals surface area contributed by atoms with Crippen LogP contribution in [0.4, 0.5) is 0 Å². The first-order chi connectivity index (χ1) is 1.73. The van der Waals surface area contributed by atoms with Crippen molar-refractivity contribution in [2.24, 2.45) is 0 Å². The Morgan fingerprint density at radius 1 is 2.00 bits per heavy atom. The van der Waals surface area contributed by atoms with Crippen LogP contribution in [0.1, 0.15) is 2.85 Å². The van der Waals surface area contributed by atoms with Gasteiger partial charge in [0.1, 0.15) is 11.1 Å². The van der Waals surface area contributed by atoms with E-state index in [0.29, 0.717) is 0 Å². The van der Waals surface area contributed by atoms with Crippen molar-refractivity contribution >= 4 is 48.8 Å². The molecule has 0 aliphatic rings. The van der Waals surface area contributed by atoms with Crippen LogP contribution in [0.25, 0.3) is 0 Å². The van der Waals surface area contributed by atoms with Gasteiger partial charge in [0.25, 0.3) is 0 Å². The Morgan fingerprint density at radius 3 is 2.00 bits per heavy atom. The number of hydrogen-bond donors (Lipinski definition) is 1. The molecule has 0 aliphatic carbocycles. The second-order valence-corrected chi connectivity index (χ2v) is 1.27. The normalized spacial score (nSPS) is 12.4. The summed E-state index contributed by atoms with van der Waals surface area (Å²) in [5.41, 5.74) is 0. The third-order valence-electron chi connectivity index (χ3n) is 0. The van der Waals surface area contributed by atoms with Crippen LogP contribution in [0.3, 0.4) is 0 Å². The van der Waals surface area contributed by atoms with Crippen LogP contribution < -0.4 is 0 Å². The molecule has 1 atom stereocenters. The maximum Gasteiger partial charge on any atom is 2.00 e. The van der Waals surface area contributed by atoms with Crippen molar-refractivity contribution in [1.82, 2.24) is 0 Å². The van der Waals surface area contributed by atoms with E-state index >= 15 is 0 Å². The summed E-state index contributed by atoms with van der Waals surface area (Å²) < 4.78 is 16.6. The summed E-state index contributed by atoms with van der Waals surface area (Å²) in [5.74, 6) is 0. The molecule has 1 unspecified atom stereocenters. The van der Waals surface area contributed by atoms with E-state index in [-0.39, 0.29) is 40.6 Å². The molecule has 0 saturated carbocycles. The Labute approximate surface area is 66.2 Å². The van der Waals surface area contributed by atoms with Crippen LogP contribution in [-0.2, 0) is 11.1 Å². The van der Waals surface area contributed by atoms with E-state index in [0.717, 1.165) is 0 Å². The maximum atomic E-state index is 9.11. The van der Waals surface area contributed by atoms with E-state index in [1.54, 1.807) is 0 Å². The zero-order valence-corrected chi connectivity index (χ0v) is 6.00. The molecule has 30 valence electrons. The average Bonchev–Trinajstić information content (AvgIpc) is 0.811. The smallest absolute Gasteiger partial charge is 1.00 e. The fourth-order valence-electron chi connectivity index (χ4n) is 0. The Balaban J connectivity index is -0.0000000150. The van der Waals surface area contributed by atoms with Crippen LogP contribution in [0.2, 0.25) is 0 Å². The zero-order valence-electron chi connectivity index (χ0n) is 4.97. The third-order valence-corrected chi connectivity index (χ3v) is 0. The summed E-state index contributed by atoms with van der Waals surface area (Å²) in [4.78, 5) is 0. The van der Waals surface area contributed by atoms with Gasteiger partial charge < -0.3 is 7.41 Å². The van der Waals surface area contributed by atoms with E-state index in [9.17, 15) is 0 Å². The van der Waals surface area contributed by atoms with Gasteiger partial charge in [-0.15, -0.1) is 0 Å². The minimum atomic E-state index is -1.61. The molecular formula is CH6CaO2S. The van der Waals surface area contributed by atoms with Crippen molar-refractivity contribution in [3.05, 3.63) is 0 Å². The fraction of sp³-hybridized carbons (Fsp3) is 1.00. The molecule has 0 amide bonds. The number of rotatable bonds is 0. The summed E-state index contributed by atoms with van der Waals surface area (Å²) in [6, 6.07) is 0. The Kier molecular flexibility index (Phi) is 10.3. The molecule has 1 N–H and O–H groups in total. The van der Waals surface area contributed by atoms with Crippen LogP contribution in [-0.4, -0.2) is 52.8 Å². The number of hydrogen-bond acceptors (Lipinski definition) is 1. The summed E-state index contributed by atoms with van der Waals surface area (Å²) in [7, 11) is 0. The summed E-state index contributed by atoms with van der Waals surface area (Å²) >= 11 is -1.61. The molecular weight excluding hydrogens is 116 g/mol. The molecule has 0 heterocycles. The fourth-order valence-corrected chi connectivity index (χ4v) is 0. The van der Waals surface area contributed by atoms with Crippen LogP contribution in [0, 0.1) is 0 Å². The predicted molar refractivity (Wildman–Crippen MR) is 24.7 cm³/mol. The van der Waals surface area contributed by atoms with Crippen molar-refractivity contribution in [2.45, 2.75) is 0 Å². The molecule has 0 spiro atoms. The quantitative estimate of drug-likeness (QED) is 0.353. The molecule has 0 fully saturated rings. The summed E-state index contributed by atoms with van der Waals surface area (Å²) in [5, 5.41) is 0. The maximum absolute atomic E-state index is 9.11. The predicted octanol–water partition coefficient (Wildman–Crippen LogP) is -0.318. The first kappa shape index (κ1) is 9.62. The van der Waals surface area contributed by atoms with E-state index < -0.39 is 11.1 Å². The minimum absolute atomic E-state index is 0. The Bertz CT molecular complexity index is 38.7. The van der Waals surface area contributed by atoms with Gasteiger partial charge in [0.2, 0.25) is 0 Å². The van der Waals surface area contributed by atoms with Gasteiger partial charge in [-0.05, 0) is 0 Å². The topological polar surface area (TPSA) is 37.3 Å². The molecule has 5 heavy (non-hydrogen) atoms. The van der Waals surface area contributed by atoms with E-state index in [2.05, 4.69) is 0 Å². The third kappa shape index (κ3) is 32.5. The van der Waals surface area contributed by atoms with Crippen LogP contribution in [0.15, 0.2) is 0 Å². The second kappa shape index (κ2) is 5.37. The van der Waals surface area contributed by atoms with Crippen molar-refractivity contribution in [3.63, 3.8) is 0 Å². The first-order valence-corrected chi connectivity index (χ1v) is 2.27. The van der Waals surface area contributed by atoms with Gasteiger partial charge in [0.05, 0.1) is 0 Å². The van der Waals surface area contributed by atoms with Crippen molar-refractivity contribution in [2.75, 3.05) is 6.26 Å². The Morgan fingerprint density at radius 2 is 2.00 bits per heavy atom. The van der Waals surface area contributed by atoms with Crippen molar-refractivity contribution < 1.29 is 11.6 Å². The van der Waals surface area contributed by atoms with Gasteiger partial charge in [-0.25, -0.2) is 4.21 Å². The van der Waals surface area contributed by atoms with Crippen LogP contribution in [0.5, 0.6) is 0 Å². The molecule has 0 aromatic rings. The standard InChI is InChI=1S/CH4O2S.Ca.2H/c1-4(2)3;;;/h1H3,(H,2,3);;;/q;+2;2*-1. The van der Waals surface area contributed by atoms with Gasteiger partial charge in [0, 0.05) is 6.26 Å². The molecule has 2 nitrogen and oxygen atoms in total. The van der Waals surface area contributed by atoms with Gasteiger partial charge in [-0.2, -0.15) is 0 Å².